The van der Waals surface area contributed by atoms with Crippen LogP contribution in [-0.2, 0) is 23.6 Å². The number of anilines is 1. The summed E-state index contributed by atoms with van der Waals surface area (Å²) in [6, 6.07) is 15.1. The quantitative estimate of drug-likeness (QED) is 0.389. The first kappa shape index (κ1) is 21.7. The van der Waals surface area contributed by atoms with E-state index < -0.39 is 17.8 Å². The van der Waals surface area contributed by atoms with Crippen molar-refractivity contribution in [2.45, 2.75) is 32.6 Å². The average Bonchev–Trinajstić information content (AvgIpc) is 2.65. The molecule has 1 fully saturated rings. The summed E-state index contributed by atoms with van der Waals surface area (Å²) >= 11 is 0. The van der Waals surface area contributed by atoms with E-state index in [0.29, 0.717) is 5.69 Å². The minimum atomic E-state index is -4.00. The lowest BCUT2D eigenvalue weighted by atomic mass is 9.97. The lowest BCUT2D eigenvalue weighted by Gasteiger charge is -2.39. The SMILES string of the molecule is C/C(=N\S(=O)(=O)c1ccc(C)cc1)N(c1ccccc1)P1(=O)OCC(C)(C)CO1. The zero-order valence-electron chi connectivity index (χ0n) is 16.9. The second kappa shape index (κ2) is 8.03. The molecule has 0 spiro atoms. The molecule has 1 aliphatic rings. The van der Waals surface area contributed by atoms with Gasteiger partial charge in [-0.3, -0.25) is 9.05 Å². The summed E-state index contributed by atoms with van der Waals surface area (Å²) in [7, 11) is -7.83. The maximum atomic E-state index is 13.5. The smallest absolute Gasteiger partial charge is 0.291 e. The Bertz CT molecular complexity index is 1040. The third kappa shape index (κ3) is 4.95. The van der Waals surface area contributed by atoms with Crippen molar-refractivity contribution >= 4 is 29.3 Å². The van der Waals surface area contributed by atoms with Crippen molar-refractivity contribution in [3.05, 3.63) is 60.2 Å². The van der Waals surface area contributed by atoms with E-state index in [0.717, 1.165) is 5.56 Å². The fourth-order valence-electron chi connectivity index (χ4n) is 2.76. The van der Waals surface area contributed by atoms with Crippen LogP contribution in [0.4, 0.5) is 5.69 Å². The monoisotopic (exact) mass is 436 g/mol. The molecular formula is C20H25N2O5PS. The first-order valence-electron chi connectivity index (χ1n) is 9.16. The number of rotatable bonds is 4. The van der Waals surface area contributed by atoms with Gasteiger partial charge in [-0.1, -0.05) is 49.7 Å². The Kier molecular flexibility index (Phi) is 6.01. The zero-order chi connectivity index (χ0) is 21.3. The maximum absolute atomic E-state index is 13.5. The third-order valence-corrected chi connectivity index (χ3v) is 7.65. The predicted octanol–water partition coefficient (Wildman–Crippen LogP) is 4.79. The number of sulfonamides is 1. The first-order chi connectivity index (χ1) is 13.5. The average molecular weight is 436 g/mol. The highest BCUT2D eigenvalue weighted by Crippen LogP contribution is 2.58. The van der Waals surface area contributed by atoms with Crippen LogP contribution >= 0.6 is 7.75 Å². The van der Waals surface area contributed by atoms with Gasteiger partial charge in [0.2, 0.25) is 0 Å². The third-order valence-electron chi connectivity index (χ3n) is 4.36. The normalized spacial score (nSPS) is 19.0. The second-order valence-electron chi connectivity index (χ2n) is 7.75. The molecule has 0 amide bonds. The first-order valence-corrected chi connectivity index (χ1v) is 12.1. The topological polar surface area (TPSA) is 85.3 Å². The van der Waals surface area contributed by atoms with Gasteiger partial charge in [0.25, 0.3) is 10.0 Å². The van der Waals surface area contributed by atoms with Crippen LogP contribution in [0.2, 0.25) is 0 Å². The molecule has 29 heavy (non-hydrogen) atoms. The van der Waals surface area contributed by atoms with Crippen molar-refractivity contribution in [2.75, 3.05) is 17.9 Å². The number of benzene rings is 2. The van der Waals surface area contributed by atoms with Crippen LogP contribution < -0.4 is 4.67 Å². The molecule has 0 saturated carbocycles. The summed E-state index contributed by atoms with van der Waals surface area (Å²) in [5.41, 5.74) is 1.11. The molecule has 3 rings (SSSR count). The Labute approximate surface area is 172 Å². The van der Waals surface area contributed by atoms with Crippen LogP contribution in [0.25, 0.3) is 0 Å². The van der Waals surface area contributed by atoms with Crippen molar-refractivity contribution in [1.82, 2.24) is 0 Å². The number of aryl methyl sites for hydroxylation is 1. The summed E-state index contributed by atoms with van der Waals surface area (Å²) in [5.74, 6) is -0.000172. The molecule has 0 atom stereocenters. The molecule has 7 nitrogen and oxygen atoms in total. The molecule has 0 radical (unpaired) electrons. The Morgan fingerprint density at radius 1 is 1.03 bits per heavy atom. The van der Waals surface area contributed by atoms with E-state index >= 15 is 0 Å². The molecule has 0 unspecified atom stereocenters. The van der Waals surface area contributed by atoms with E-state index in [1.165, 1.54) is 23.7 Å². The lowest BCUT2D eigenvalue weighted by molar-refractivity contribution is 0.0418. The molecule has 2 aromatic rings. The summed E-state index contributed by atoms with van der Waals surface area (Å²) in [6.45, 7) is 7.65. The highest BCUT2D eigenvalue weighted by atomic mass is 32.2. The molecule has 0 aromatic heterocycles. The summed E-state index contributed by atoms with van der Waals surface area (Å²) < 4.78 is 55.6. The largest absolute Gasteiger partial charge is 0.440 e. The van der Waals surface area contributed by atoms with Gasteiger partial charge in [-0.25, -0.2) is 9.24 Å². The van der Waals surface area contributed by atoms with E-state index in [-0.39, 0.29) is 29.4 Å². The van der Waals surface area contributed by atoms with Gasteiger partial charge in [-0.2, -0.15) is 8.42 Å². The van der Waals surface area contributed by atoms with Crippen LogP contribution in [0.1, 0.15) is 26.3 Å². The lowest BCUT2D eigenvalue weighted by Crippen LogP contribution is -2.37. The molecule has 156 valence electrons. The zero-order valence-corrected chi connectivity index (χ0v) is 18.6. The van der Waals surface area contributed by atoms with E-state index in [9.17, 15) is 13.0 Å². The van der Waals surface area contributed by atoms with Gasteiger partial charge < -0.3 is 0 Å². The van der Waals surface area contributed by atoms with Gasteiger partial charge in [-0.05, 0) is 38.1 Å². The van der Waals surface area contributed by atoms with E-state index in [4.69, 9.17) is 9.05 Å². The van der Waals surface area contributed by atoms with Crippen molar-refractivity contribution in [3.8, 4) is 0 Å². The molecule has 1 heterocycles. The van der Waals surface area contributed by atoms with Gasteiger partial charge in [0.1, 0.15) is 5.84 Å². The number of hydrogen-bond acceptors (Lipinski definition) is 5. The van der Waals surface area contributed by atoms with E-state index in [1.54, 1.807) is 42.5 Å². The minimum Gasteiger partial charge on any atom is -0.291 e. The van der Waals surface area contributed by atoms with Crippen LogP contribution in [0.15, 0.2) is 63.9 Å². The van der Waals surface area contributed by atoms with Gasteiger partial charge in [0.05, 0.1) is 23.8 Å². The Morgan fingerprint density at radius 3 is 2.14 bits per heavy atom. The molecule has 0 bridgehead atoms. The van der Waals surface area contributed by atoms with Crippen LogP contribution in [0, 0.1) is 12.3 Å². The number of hydrogen-bond donors (Lipinski definition) is 0. The molecule has 0 aliphatic carbocycles. The summed E-state index contributed by atoms with van der Waals surface area (Å²) in [6.07, 6.45) is 0. The van der Waals surface area contributed by atoms with Crippen LogP contribution in [-0.4, -0.2) is 27.5 Å². The second-order valence-corrected chi connectivity index (χ2v) is 11.2. The molecule has 1 aliphatic heterocycles. The van der Waals surface area contributed by atoms with E-state index in [2.05, 4.69) is 4.40 Å². The van der Waals surface area contributed by atoms with Gasteiger partial charge >= 0.3 is 7.75 Å². The number of nitrogens with zero attached hydrogens (tertiary/aromatic N) is 2. The highest BCUT2D eigenvalue weighted by molar-refractivity contribution is 7.90. The Morgan fingerprint density at radius 2 is 1.59 bits per heavy atom. The van der Waals surface area contributed by atoms with Crippen molar-refractivity contribution in [1.29, 1.82) is 0 Å². The molecule has 9 heteroatoms. The van der Waals surface area contributed by atoms with Crippen molar-refractivity contribution < 1.29 is 22.0 Å². The van der Waals surface area contributed by atoms with Crippen LogP contribution in [0.3, 0.4) is 0 Å². The van der Waals surface area contributed by atoms with Gasteiger partial charge in [0.15, 0.2) is 0 Å². The molecule has 1 saturated heterocycles. The Balaban J connectivity index is 2.03. The Hall–Kier alpha value is -1.99. The molecular weight excluding hydrogens is 411 g/mol. The highest BCUT2D eigenvalue weighted by Gasteiger charge is 2.43. The van der Waals surface area contributed by atoms with Gasteiger partial charge in [-0.15, -0.1) is 4.40 Å². The van der Waals surface area contributed by atoms with E-state index in [1.807, 2.05) is 20.8 Å². The standard InChI is InChI=1S/C20H25N2O5PS/c1-16-10-12-19(13-11-16)29(24,25)21-17(2)22(18-8-6-5-7-9-18)28(23)26-14-20(3,4)15-27-28/h5-13H,14-15H2,1-4H3/b21-17+. The number of amidine groups is 1. The fourth-order valence-corrected chi connectivity index (χ4v) is 5.98. The van der Waals surface area contributed by atoms with Crippen LogP contribution in [0.5, 0.6) is 0 Å². The maximum Gasteiger partial charge on any atom is 0.440 e. The minimum absolute atomic E-state index is 0.000172. The predicted molar refractivity (Wildman–Crippen MR) is 114 cm³/mol. The van der Waals surface area contributed by atoms with Crippen molar-refractivity contribution in [3.63, 3.8) is 0 Å². The summed E-state index contributed by atoms with van der Waals surface area (Å²) in [5, 5.41) is 0. The van der Waals surface area contributed by atoms with Gasteiger partial charge in [0, 0.05) is 5.41 Å². The molecule has 2 aromatic carbocycles. The fraction of sp³-hybridized carbons (Fsp3) is 0.350. The van der Waals surface area contributed by atoms with Crippen molar-refractivity contribution in [2.24, 2.45) is 9.81 Å². The summed E-state index contributed by atoms with van der Waals surface area (Å²) in [4.78, 5) is 0.0559. The molecule has 0 N–H and O–H groups in total. The number of para-hydroxylation sites is 1.